The lowest BCUT2D eigenvalue weighted by Crippen LogP contribution is -2.46. The molecule has 0 spiro atoms. The van der Waals surface area contributed by atoms with Crippen molar-refractivity contribution in [1.82, 2.24) is 15.2 Å². The van der Waals surface area contributed by atoms with Crippen molar-refractivity contribution in [3.05, 3.63) is 64.3 Å². The summed E-state index contributed by atoms with van der Waals surface area (Å²) < 4.78 is 5.86. The molecule has 2 aromatic carbocycles. The second-order valence-electron chi connectivity index (χ2n) is 10.1. The zero-order valence-electron chi connectivity index (χ0n) is 20.8. The van der Waals surface area contributed by atoms with Gasteiger partial charge in [-0.2, -0.15) is 0 Å². The average Bonchev–Trinajstić information content (AvgIpc) is 3.38. The maximum absolute atomic E-state index is 13.8. The van der Waals surface area contributed by atoms with Crippen molar-refractivity contribution in [2.75, 3.05) is 38.2 Å². The first kappa shape index (κ1) is 23.0. The fourth-order valence-electron chi connectivity index (χ4n) is 5.61. The Morgan fingerprint density at radius 3 is 2.86 bits per heavy atom. The van der Waals surface area contributed by atoms with Crippen LogP contribution in [0.2, 0.25) is 0 Å². The van der Waals surface area contributed by atoms with E-state index in [1.165, 1.54) is 0 Å². The minimum absolute atomic E-state index is 0.0260. The van der Waals surface area contributed by atoms with Gasteiger partial charge in [0.25, 0.3) is 11.8 Å². The summed E-state index contributed by atoms with van der Waals surface area (Å²) in [7, 11) is 2.00. The molecule has 1 N–H and O–H groups in total. The van der Waals surface area contributed by atoms with Crippen LogP contribution in [0.25, 0.3) is 10.4 Å². The quantitative estimate of drug-likeness (QED) is 0.568. The number of nitrogens with one attached hydrogen (secondary N) is 1. The highest BCUT2D eigenvalue weighted by Gasteiger charge is 2.54. The Balaban J connectivity index is 1.21. The van der Waals surface area contributed by atoms with Gasteiger partial charge in [0.1, 0.15) is 12.3 Å². The number of aryl methyl sites for hydroxylation is 2. The number of amides is 2. The van der Waals surface area contributed by atoms with Gasteiger partial charge in [0.2, 0.25) is 0 Å². The van der Waals surface area contributed by atoms with E-state index in [2.05, 4.69) is 34.3 Å². The van der Waals surface area contributed by atoms with Gasteiger partial charge in [-0.3, -0.25) is 9.59 Å². The highest BCUT2D eigenvalue weighted by atomic mass is 32.1. The van der Waals surface area contributed by atoms with Crippen molar-refractivity contribution in [2.24, 2.45) is 11.8 Å². The summed E-state index contributed by atoms with van der Waals surface area (Å²) in [6, 6.07) is 13.8. The van der Waals surface area contributed by atoms with Gasteiger partial charge in [0.05, 0.1) is 33.7 Å². The van der Waals surface area contributed by atoms with Crippen LogP contribution >= 0.6 is 11.3 Å². The third-order valence-corrected chi connectivity index (χ3v) is 8.60. The Morgan fingerprint density at radius 1 is 1.19 bits per heavy atom. The summed E-state index contributed by atoms with van der Waals surface area (Å²) in [5.41, 5.74) is 4.17. The molecule has 2 amide bonds. The molecular weight excluding hydrogens is 472 g/mol. The van der Waals surface area contributed by atoms with Gasteiger partial charge >= 0.3 is 0 Å². The van der Waals surface area contributed by atoms with E-state index in [1.807, 2.05) is 43.1 Å². The number of thiazole rings is 1. The van der Waals surface area contributed by atoms with Crippen LogP contribution in [0.3, 0.4) is 0 Å². The molecule has 36 heavy (non-hydrogen) atoms. The number of rotatable bonds is 5. The lowest BCUT2D eigenvalue weighted by molar-refractivity contribution is 0.0690. The Morgan fingerprint density at radius 2 is 2.03 bits per heavy atom. The van der Waals surface area contributed by atoms with E-state index in [9.17, 15) is 9.59 Å². The van der Waals surface area contributed by atoms with Gasteiger partial charge in [-0.1, -0.05) is 35.9 Å². The number of para-hydroxylation sites is 1. The topological polar surface area (TPSA) is 74.8 Å². The third-order valence-electron chi connectivity index (χ3n) is 7.58. The molecule has 3 aliphatic rings. The van der Waals surface area contributed by atoms with E-state index in [1.54, 1.807) is 17.4 Å². The Hall–Kier alpha value is -3.39. The number of ether oxygens (including phenoxy) is 1. The summed E-state index contributed by atoms with van der Waals surface area (Å²) in [6.07, 6.45) is 1.11. The number of aromatic nitrogens is 1. The van der Waals surface area contributed by atoms with E-state index in [4.69, 9.17) is 4.74 Å². The highest BCUT2D eigenvalue weighted by Crippen LogP contribution is 2.50. The van der Waals surface area contributed by atoms with Gasteiger partial charge in [-0.05, 0) is 49.8 Å². The Kier molecular flexibility index (Phi) is 5.71. The molecule has 6 rings (SSSR count). The maximum atomic E-state index is 13.8. The van der Waals surface area contributed by atoms with Crippen LogP contribution in [0.15, 0.2) is 42.5 Å². The molecule has 3 heterocycles. The van der Waals surface area contributed by atoms with Crippen molar-refractivity contribution in [3.63, 3.8) is 0 Å². The van der Waals surface area contributed by atoms with Crippen molar-refractivity contribution >= 4 is 28.8 Å². The van der Waals surface area contributed by atoms with E-state index in [0.29, 0.717) is 42.0 Å². The van der Waals surface area contributed by atoms with Crippen LogP contribution in [0, 0.1) is 25.7 Å². The molecule has 186 valence electrons. The lowest BCUT2D eigenvalue weighted by Gasteiger charge is -2.30. The number of nitrogens with zero attached hydrogens (tertiary/aromatic N) is 3. The summed E-state index contributed by atoms with van der Waals surface area (Å²) in [4.78, 5) is 36.6. The molecule has 0 radical (unpaired) electrons. The SMILES string of the molecule is Cc1cccc(-c2sc(C)nc2C(=O)N2C[C@@H]3C[C@@H]3[C@H]2CNC(=O)c2cccc3c2OCCN3C)c1. The van der Waals surface area contributed by atoms with Crippen LogP contribution in [0.4, 0.5) is 5.69 Å². The number of hydrogen-bond donors (Lipinski definition) is 1. The van der Waals surface area contributed by atoms with E-state index in [-0.39, 0.29) is 17.9 Å². The maximum Gasteiger partial charge on any atom is 0.274 e. The van der Waals surface area contributed by atoms with E-state index < -0.39 is 0 Å². The molecule has 0 bridgehead atoms. The molecule has 0 unspecified atom stereocenters. The molecule has 3 aromatic rings. The molecule has 1 aliphatic carbocycles. The van der Waals surface area contributed by atoms with Crippen molar-refractivity contribution < 1.29 is 14.3 Å². The normalized spacial score (nSPS) is 22.0. The molecule has 2 fully saturated rings. The van der Waals surface area contributed by atoms with Crippen LogP contribution in [0.1, 0.15) is 37.8 Å². The minimum Gasteiger partial charge on any atom is -0.489 e. The molecule has 7 nitrogen and oxygen atoms in total. The lowest BCUT2D eigenvalue weighted by atomic mass is 10.1. The fourth-order valence-corrected chi connectivity index (χ4v) is 6.52. The molecule has 1 saturated carbocycles. The molecule has 8 heteroatoms. The van der Waals surface area contributed by atoms with Gasteiger partial charge in [-0.15, -0.1) is 11.3 Å². The number of likely N-dealkylation sites (tertiary alicyclic amines) is 1. The molecule has 2 aliphatic heterocycles. The Bertz CT molecular complexity index is 1350. The van der Waals surface area contributed by atoms with E-state index >= 15 is 0 Å². The van der Waals surface area contributed by atoms with E-state index in [0.717, 1.165) is 46.2 Å². The number of benzene rings is 2. The summed E-state index contributed by atoms with van der Waals surface area (Å²) in [5.74, 6) is 1.38. The average molecular weight is 503 g/mol. The number of anilines is 1. The number of fused-ring (bicyclic) bond motifs is 2. The minimum atomic E-state index is -0.163. The second-order valence-corrected chi connectivity index (χ2v) is 11.3. The fraction of sp³-hybridized carbons (Fsp3) is 0.393. The predicted molar refractivity (Wildman–Crippen MR) is 141 cm³/mol. The zero-order chi connectivity index (χ0) is 25.0. The first-order chi connectivity index (χ1) is 17.4. The largest absolute Gasteiger partial charge is 0.489 e. The van der Waals surface area contributed by atoms with Crippen molar-refractivity contribution in [3.8, 4) is 16.2 Å². The van der Waals surface area contributed by atoms with Gasteiger partial charge in [-0.25, -0.2) is 4.98 Å². The van der Waals surface area contributed by atoms with Gasteiger partial charge in [0.15, 0.2) is 5.75 Å². The number of carbonyl (C=O) groups excluding carboxylic acids is 2. The first-order valence-electron chi connectivity index (χ1n) is 12.5. The van der Waals surface area contributed by atoms with Crippen LogP contribution in [-0.4, -0.2) is 61.0 Å². The standard InChI is InChI=1S/C28H30N4O3S/c1-16-6-4-7-18(12-16)26-24(30-17(2)36-26)28(34)32-15-19-13-21(19)23(32)14-29-27(33)20-8-5-9-22-25(20)35-11-10-31(22)3/h4-9,12,19,21,23H,10-11,13-15H2,1-3H3,(H,29,33)/t19-,21-,23+/m0/s1. The molecule has 1 saturated heterocycles. The molecule has 1 aromatic heterocycles. The number of hydrogen-bond acceptors (Lipinski definition) is 6. The second kappa shape index (κ2) is 8.92. The monoisotopic (exact) mass is 502 g/mol. The predicted octanol–water partition coefficient (Wildman–Crippen LogP) is 4.15. The van der Waals surface area contributed by atoms with Crippen molar-refractivity contribution in [2.45, 2.75) is 26.3 Å². The molecular formula is C28H30N4O3S. The number of piperidine rings is 1. The highest BCUT2D eigenvalue weighted by molar-refractivity contribution is 7.15. The van der Waals surface area contributed by atoms with Gasteiger partial charge < -0.3 is 19.9 Å². The van der Waals surface area contributed by atoms with Crippen LogP contribution < -0.4 is 15.0 Å². The Labute approximate surface area is 215 Å². The number of carbonyl (C=O) groups is 2. The third kappa shape index (κ3) is 4.03. The van der Waals surface area contributed by atoms with Crippen LogP contribution in [-0.2, 0) is 0 Å². The number of likely N-dealkylation sites (N-methyl/N-ethyl adjacent to an activating group) is 1. The van der Waals surface area contributed by atoms with Crippen molar-refractivity contribution in [1.29, 1.82) is 0 Å². The van der Waals surface area contributed by atoms with Gasteiger partial charge in [0, 0.05) is 20.1 Å². The summed E-state index contributed by atoms with van der Waals surface area (Å²) >= 11 is 1.56. The first-order valence-corrected chi connectivity index (χ1v) is 13.3. The summed E-state index contributed by atoms with van der Waals surface area (Å²) in [5, 5.41) is 3.99. The smallest absolute Gasteiger partial charge is 0.274 e. The summed E-state index contributed by atoms with van der Waals surface area (Å²) in [6.45, 7) is 6.49. The molecule has 3 atom stereocenters. The zero-order valence-corrected chi connectivity index (χ0v) is 21.6. The van der Waals surface area contributed by atoms with Crippen LogP contribution in [0.5, 0.6) is 5.75 Å².